The number of nitrogens with zero attached hydrogens (tertiary/aromatic N) is 2. The Morgan fingerprint density at radius 3 is 2.86 bits per heavy atom. The molecule has 0 aliphatic heterocycles. The molecule has 3 aromatic rings. The second kappa shape index (κ2) is 4.78. The topological polar surface area (TPSA) is 55.1 Å². The lowest BCUT2D eigenvalue weighted by Gasteiger charge is -2.19. The quantitative estimate of drug-likeness (QED) is 0.748. The van der Waals surface area contributed by atoms with Crippen LogP contribution in [0.4, 0.5) is 0 Å². The minimum atomic E-state index is -0.599. The van der Waals surface area contributed by atoms with Gasteiger partial charge in [-0.15, -0.1) is 0 Å². The van der Waals surface area contributed by atoms with Crippen LogP contribution in [0.5, 0.6) is 0 Å². The van der Waals surface area contributed by atoms with Gasteiger partial charge in [-0.25, -0.2) is 4.98 Å². The summed E-state index contributed by atoms with van der Waals surface area (Å²) in [5.74, 6) is 0. The Bertz CT molecular complexity index is 930. The molecule has 110 valence electrons. The molecular formula is C18H16N2O2. The van der Waals surface area contributed by atoms with E-state index in [1.165, 1.54) is 0 Å². The van der Waals surface area contributed by atoms with Crippen LogP contribution in [0.3, 0.4) is 0 Å². The Labute approximate surface area is 127 Å². The van der Waals surface area contributed by atoms with E-state index < -0.39 is 6.10 Å². The fraction of sp³-hybridized carbons (Fsp3) is 0.222. The average Bonchev–Trinajstić information content (AvgIpc) is 2.84. The monoisotopic (exact) mass is 292 g/mol. The fourth-order valence-corrected chi connectivity index (χ4v) is 3.43. The Morgan fingerprint density at radius 2 is 2.00 bits per heavy atom. The molecule has 1 aliphatic rings. The molecule has 4 nitrogen and oxygen atoms in total. The van der Waals surface area contributed by atoms with Gasteiger partial charge < -0.3 is 5.11 Å². The van der Waals surface area contributed by atoms with Gasteiger partial charge in [-0.2, -0.15) is 0 Å². The van der Waals surface area contributed by atoms with Gasteiger partial charge in [-0.1, -0.05) is 36.4 Å². The number of aliphatic hydroxyl groups excluding tert-OH is 1. The van der Waals surface area contributed by atoms with E-state index in [9.17, 15) is 9.90 Å². The number of hydrogen-bond donors (Lipinski definition) is 1. The predicted molar refractivity (Wildman–Crippen MR) is 85.0 cm³/mol. The van der Waals surface area contributed by atoms with Gasteiger partial charge in [0.25, 0.3) is 5.56 Å². The predicted octanol–water partition coefficient (Wildman–Crippen LogP) is 2.21. The summed E-state index contributed by atoms with van der Waals surface area (Å²) in [6, 6.07) is 13.2. The van der Waals surface area contributed by atoms with Crippen LogP contribution in [0.2, 0.25) is 0 Å². The molecule has 22 heavy (non-hydrogen) atoms. The van der Waals surface area contributed by atoms with E-state index in [0.29, 0.717) is 17.3 Å². The molecule has 0 saturated heterocycles. The van der Waals surface area contributed by atoms with E-state index in [1.54, 1.807) is 10.9 Å². The number of benzene rings is 2. The van der Waals surface area contributed by atoms with Crippen molar-refractivity contribution in [3.8, 4) is 0 Å². The second-order valence-electron chi connectivity index (χ2n) is 5.84. The van der Waals surface area contributed by atoms with E-state index in [1.807, 2.05) is 49.4 Å². The molecule has 4 heteroatoms. The number of aromatic nitrogens is 2. The van der Waals surface area contributed by atoms with E-state index in [0.717, 1.165) is 16.7 Å². The zero-order valence-corrected chi connectivity index (χ0v) is 12.2. The first kappa shape index (κ1) is 13.2. The van der Waals surface area contributed by atoms with Crippen molar-refractivity contribution in [2.24, 2.45) is 0 Å². The highest BCUT2D eigenvalue weighted by Crippen LogP contribution is 2.33. The molecule has 2 aromatic carbocycles. The summed E-state index contributed by atoms with van der Waals surface area (Å²) in [5, 5.41) is 11.1. The van der Waals surface area contributed by atoms with Gasteiger partial charge >= 0.3 is 0 Å². The molecule has 2 atom stereocenters. The van der Waals surface area contributed by atoms with Gasteiger partial charge in [0.1, 0.15) is 0 Å². The Hall–Kier alpha value is -2.46. The third-order valence-corrected chi connectivity index (χ3v) is 4.49. The average molecular weight is 292 g/mol. The molecule has 0 bridgehead atoms. The normalized spacial score (nSPS) is 20.3. The van der Waals surface area contributed by atoms with Crippen molar-refractivity contribution < 1.29 is 5.11 Å². The summed E-state index contributed by atoms with van der Waals surface area (Å²) in [7, 11) is 0. The zero-order valence-electron chi connectivity index (χ0n) is 12.2. The van der Waals surface area contributed by atoms with E-state index in [2.05, 4.69) is 4.98 Å². The van der Waals surface area contributed by atoms with Crippen LogP contribution < -0.4 is 5.56 Å². The number of aryl methyl sites for hydroxylation is 1. The van der Waals surface area contributed by atoms with Crippen molar-refractivity contribution in [2.75, 3.05) is 0 Å². The third kappa shape index (κ3) is 1.81. The second-order valence-corrected chi connectivity index (χ2v) is 5.84. The van der Waals surface area contributed by atoms with Gasteiger partial charge in [0.15, 0.2) is 0 Å². The molecular weight excluding hydrogens is 276 g/mol. The summed E-state index contributed by atoms with van der Waals surface area (Å²) >= 11 is 0. The summed E-state index contributed by atoms with van der Waals surface area (Å²) < 4.78 is 1.58. The van der Waals surface area contributed by atoms with Crippen molar-refractivity contribution in [2.45, 2.75) is 25.5 Å². The van der Waals surface area contributed by atoms with Gasteiger partial charge in [-0.05, 0) is 29.7 Å². The first-order chi connectivity index (χ1) is 10.7. The Kier molecular flexibility index (Phi) is 2.87. The summed E-state index contributed by atoms with van der Waals surface area (Å²) in [6.07, 6.45) is 1.53. The summed E-state index contributed by atoms with van der Waals surface area (Å²) in [6.45, 7) is 1.91. The minimum absolute atomic E-state index is 0.0937. The molecule has 1 aliphatic carbocycles. The van der Waals surface area contributed by atoms with E-state index in [4.69, 9.17) is 0 Å². The lowest BCUT2D eigenvalue weighted by Crippen LogP contribution is -2.31. The van der Waals surface area contributed by atoms with Gasteiger partial charge in [0, 0.05) is 6.42 Å². The number of fused-ring (bicyclic) bond motifs is 2. The molecule has 0 fully saturated rings. The van der Waals surface area contributed by atoms with Crippen LogP contribution in [0, 0.1) is 6.92 Å². The number of hydrogen-bond acceptors (Lipinski definition) is 3. The van der Waals surface area contributed by atoms with Crippen LogP contribution >= 0.6 is 0 Å². The number of aliphatic hydroxyl groups is 1. The smallest absolute Gasteiger partial charge is 0.262 e. The maximum absolute atomic E-state index is 12.9. The van der Waals surface area contributed by atoms with Crippen molar-refractivity contribution in [3.05, 3.63) is 75.8 Å². The lowest BCUT2D eigenvalue weighted by atomic mass is 10.1. The van der Waals surface area contributed by atoms with Crippen LogP contribution in [0.1, 0.15) is 22.7 Å². The fourth-order valence-electron chi connectivity index (χ4n) is 3.43. The first-order valence-electron chi connectivity index (χ1n) is 7.39. The molecule has 0 spiro atoms. The molecule has 1 heterocycles. The summed E-state index contributed by atoms with van der Waals surface area (Å²) in [4.78, 5) is 17.3. The molecule has 4 rings (SSSR count). The SMILES string of the molecule is Cc1cccc2ncn(C3c4ccccc4CC3O)c(=O)c12. The first-order valence-corrected chi connectivity index (χ1v) is 7.39. The Morgan fingerprint density at radius 1 is 1.18 bits per heavy atom. The highest BCUT2D eigenvalue weighted by Gasteiger charge is 2.33. The third-order valence-electron chi connectivity index (χ3n) is 4.49. The maximum Gasteiger partial charge on any atom is 0.262 e. The Balaban J connectivity index is 1.98. The molecule has 0 radical (unpaired) electrons. The van der Waals surface area contributed by atoms with E-state index >= 15 is 0 Å². The maximum atomic E-state index is 12.9. The molecule has 0 saturated carbocycles. The van der Waals surface area contributed by atoms with E-state index in [-0.39, 0.29) is 11.6 Å². The van der Waals surface area contributed by atoms with Crippen molar-refractivity contribution in [3.63, 3.8) is 0 Å². The van der Waals surface area contributed by atoms with Crippen molar-refractivity contribution >= 4 is 10.9 Å². The highest BCUT2D eigenvalue weighted by atomic mass is 16.3. The molecule has 0 amide bonds. The standard InChI is InChI=1S/C18H16N2O2/c1-11-5-4-8-14-16(11)18(22)20(10-19-14)17-13-7-3-2-6-12(13)9-15(17)21/h2-8,10,15,17,21H,9H2,1H3. The largest absolute Gasteiger partial charge is 0.390 e. The van der Waals surface area contributed by atoms with Gasteiger partial charge in [-0.3, -0.25) is 9.36 Å². The lowest BCUT2D eigenvalue weighted by molar-refractivity contribution is 0.142. The minimum Gasteiger partial charge on any atom is -0.390 e. The van der Waals surface area contributed by atoms with Crippen molar-refractivity contribution in [1.29, 1.82) is 0 Å². The molecule has 1 N–H and O–H groups in total. The van der Waals surface area contributed by atoms with Crippen LogP contribution in [0.15, 0.2) is 53.6 Å². The molecule has 1 aromatic heterocycles. The number of rotatable bonds is 1. The van der Waals surface area contributed by atoms with Crippen LogP contribution in [-0.4, -0.2) is 20.8 Å². The van der Waals surface area contributed by atoms with Gasteiger partial charge in [0.2, 0.25) is 0 Å². The zero-order chi connectivity index (χ0) is 15.3. The van der Waals surface area contributed by atoms with Crippen LogP contribution in [0.25, 0.3) is 10.9 Å². The van der Waals surface area contributed by atoms with Gasteiger partial charge in [0.05, 0.1) is 29.4 Å². The molecule has 2 unspecified atom stereocenters. The highest BCUT2D eigenvalue weighted by molar-refractivity contribution is 5.80. The summed E-state index contributed by atoms with van der Waals surface area (Å²) in [5.41, 5.74) is 3.61. The van der Waals surface area contributed by atoms with Crippen molar-refractivity contribution in [1.82, 2.24) is 9.55 Å². The van der Waals surface area contributed by atoms with Crippen LogP contribution in [-0.2, 0) is 6.42 Å².